The molecule has 0 saturated heterocycles. The second-order valence-electron chi connectivity index (χ2n) is 7.89. The molecule has 0 bridgehead atoms. The molecule has 0 aliphatic heterocycles. The fourth-order valence-corrected chi connectivity index (χ4v) is 3.65. The van der Waals surface area contributed by atoms with E-state index < -0.39 is 0 Å². The molecule has 2 heteroatoms. The van der Waals surface area contributed by atoms with E-state index in [2.05, 4.69) is 33.0 Å². The standard InChI is InChI=1S/C23H47NO/c1-5-9-12-18-22(23(25)24-20-15-10-6-2)19-14-13-17-21(8-4)16-11-7-3/h21-22H,5-20H2,1-4H3,(H,24,25)/t21-,22-/m1/s1. The summed E-state index contributed by atoms with van der Waals surface area (Å²) < 4.78 is 0. The van der Waals surface area contributed by atoms with Gasteiger partial charge in [0.15, 0.2) is 0 Å². The number of nitrogens with one attached hydrogen (secondary N) is 1. The van der Waals surface area contributed by atoms with Crippen LogP contribution < -0.4 is 5.32 Å². The Hall–Kier alpha value is -0.530. The summed E-state index contributed by atoms with van der Waals surface area (Å²) >= 11 is 0. The molecule has 0 radical (unpaired) electrons. The van der Waals surface area contributed by atoms with Crippen LogP contribution in [0.3, 0.4) is 0 Å². The van der Waals surface area contributed by atoms with Crippen LogP contribution in [-0.4, -0.2) is 12.5 Å². The molecule has 150 valence electrons. The van der Waals surface area contributed by atoms with Gasteiger partial charge < -0.3 is 5.32 Å². The van der Waals surface area contributed by atoms with Crippen molar-refractivity contribution in [2.75, 3.05) is 6.54 Å². The Balaban J connectivity index is 4.13. The molecule has 0 heterocycles. The molecule has 1 amide bonds. The van der Waals surface area contributed by atoms with Gasteiger partial charge in [0.25, 0.3) is 0 Å². The summed E-state index contributed by atoms with van der Waals surface area (Å²) in [7, 11) is 0. The van der Waals surface area contributed by atoms with E-state index in [-0.39, 0.29) is 5.92 Å². The Kier molecular flexibility index (Phi) is 17.9. The van der Waals surface area contributed by atoms with Gasteiger partial charge in [0, 0.05) is 12.5 Å². The number of amides is 1. The zero-order valence-electron chi connectivity index (χ0n) is 17.9. The Bertz CT molecular complexity index is 290. The molecular weight excluding hydrogens is 306 g/mol. The number of hydrogen-bond donors (Lipinski definition) is 1. The molecule has 0 aliphatic carbocycles. The van der Waals surface area contributed by atoms with Crippen molar-refractivity contribution in [3.05, 3.63) is 0 Å². The molecular formula is C23H47NO. The first-order chi connectivity index (χ1) is 12.2. The summed E-state index contributed by atoms with van der Waals surface area (Å²) in [6, 6.07) is 0. The fourth-order valence-electron chi connectivity index (χ4n) is 3.65. The van der Waals surface area contributed by atoms with Gasteiger partial charge in [-0.25, -0.2) is 0 Å². The Morgan fingerprint density at radius 2 is 1.20 bits per heavy atom. The number of carbonyl (C=O) groups is 1. The summed E-state index contributed by atoms with van der Waals surface area (Å²) in [5, 5.41) is 3.19. The van der Waals surface area contributed by atoms with Gasteiger partial charge in [-0.15, -0.1) is 0 Å². The minimum atomic E-state index is 0.254. The molecule has 0 aromatic rings. The van der Waals surface area contributed by atoms with Crippen molar-refractivity contribution < 1.29 is 4.79 Å². The van der Waals surface area contributed by atoms with Gasteiger partial charge in [0.05, 0.1) is 0 Å². The van der Waals surface area contributed by atoms with Crippen molar-refractivity contribution in [2.45, 2.75) is 124 Å². The highest BCUT2D eigenvalue weighted by molar-refractivity contribution is 5.78. The van der Waals surface area contributed by atoms with Gasteiger partial charge in [-0.3, -0.25) is 4.79 Å². The quantitative estimate of drug-likeness (QED) is 0.258. The highest BCUT2D eigenvalue weighted by Crippen LogP contribution is 2.23. The van der Waals surface area contributed by atoms with Gasteiger partial charge in [0.1, 0.15) is 0 Å². The zero-order valence-corrected chi connectivity index (χ0v) is 17.9. The molecule has 2 atom stereocenters. The van der Waals surface area contributed by atoms with Gasteiger partial charge in [0.2, 0.25) is 5.91 Å². The fraction of sp³-hybridized carbons (Fsp3) is 0.957. The normalized spacial score (nSPS) is 13.6. The molecule has 0 aromatic carbocycles. The number of unbranched alkanes of at least 4 members (excludes halogenated alkanes) is 6. The van der Waals surface area contributed by atoms with E-state index in [1.54, 1.807) is 0 Å². The largest absolute Gasteiger partial charge is 0.356 e. The molecule has 0 unspecified atom stereocenters. The van der Waals surface area contributed by atoms with Gasteiger partial charge >= 0.3 is 0 Å². The highest BCUT2D eigenvalue weighted by atomic mass is 16.1. The Labute approximate surface area is 158 Å². The van der Waals surface area contributed by atoms with Crippen molar-refractivity contribution in [1.82, 2.24) is 5.32 Å². The van der Waals surface area contributed by atoms with Crippen molar-refractivity contribution in [1.29, 1.82) is 0 Å². The summed E-state index contributed by atoms with van der Waals surface area (Å²) in [5.74, 6) is 1.48. The highest BCUT2D eigenvalue weighted by Gasteiger charge is 2.17. The average molecular weight is 354 g/mol. The van der Waals surface area contributed by atoms with Crippen molar-refractivity contribution in [3.63, 3.8) is 0 Å². The summed E-state index contributed by atoms with van der Waals surface area (Å²) in [4.78, 5) is 12.5. The molecule has 0 aromatic heterocycles. The van der Waals surface area contributed by atoms with Crippen LogP contribution in [0.15, 0.2) is 0 Å². The van der Waals surface area contributed by atoms with Crippen LogP contribution in [0, 0.1) is 11.8 Å². The first-order valence-corrected chi connectivity index (χ1v) is 11.5. The lowest BCUT2D eigenvalue weighted by Gasteiger charge is -2.18. The molecule has 0 rings (SSSR count). The predicted molar refractivity (Wildman–Crippen MR) is 112 cm³/mol. The van der Waals surface area contributed by atoms with E-state index in [0.29, 0.717) is 5.91 Å². The Morgan fingerprint density at radius 3 is 1.80 bits per heavy atom. The third-order valence-corrected chi connectivity index (χ3v) is 5.56. The lowest BCUT2D eigenvalue weighted by Crippen LogP contribution is -2.31. The molecule has 25 heavy (non-hydrogen) atoms. The summed E-state index contributed by atoms with van der Waals surface area (Å²) in [6.07, 6.45) is 18.7. The SMILES string of the molecule is CCCCCNC(=O)[C@H](CCCCC)CCCC[C@H](CC)CCCC. The van der Waals surface area contributed by atoms with Crippen molar-refractivity contribution >= 4 is 5.91 Å². The smallest absolute Gasteiger partial charge is 0.223 e. The van der Waals surface area contributed by atoms with Crippen LogP contribution in [0.4, 0.5) is 0 Å². The van der Waals surface area contributed by atoms with Crippen LogP contribution in [0.5, 0.6) is 0 Å². The first kappa shape index (κ1) is 24.5. The minimum Gasteiger partial charge on any atom is -0.356 e. The molecule has 0 aliphatic rings. The third kappa shape index (κ3) is 14.3. The van der Waals surface area contributed by atoms with E-state index in [1.807, 2.05) is 0 Å². The maximum Gasteiger partial charge on any atom is 0.223 e. The Morgan fingerprint density at radius 1 is 0.680 bits per heavy atom. The topological polar surface area (TPSA) is 29.1 Å². The van der Waals surface area contributed by atoms with Crippen LogP contribution in [0.1, 0.15) is 124 Å². The van der Waals surface area contributed by atoms with Crippen LogP contribution in [0.25, 0.3) is 0 Å². The van der Waals surface area contributed by atoms with E-state index in [1.165, 1.54) is 77.0 Å². The lowest BCUT2D eigenvalue weighted by atomic mass is 9.90. The van der Waals surface area contributed by atoms with E-state index in [4.69, 9.17) is 0 Å². The van der Waals surface area contributed by atoms with Crippen LogP contribution in [-0.2, 0) is 4.79 Å². The average Bonchev–Trinajstić information content (AvgIpc) is 2.63. The number of hydrogen-bond acceptors (Lipinski definition) is 1. The number of rotatable bonds is 18. The van der Waals surface area contributed by atoms with Gasteiger partial charge in [-0.2, -0.15) is 0 Å². The van der Waals surface area contributed by atoms with Gasteiger partial charge in [-0.05, 0) is 25.2 Å². The van der Waals surface area contributed by atoms with E-state index >= 15 is 0 Å². The second-order valence-corrected chi connectivity index (χ2v) is 7.89. The number of carbonyl (C=O) groups excluding carboxylic acids is 1. The van der Waals surface area contributed by atoms with Crippen molar-refractivity contribution in [2.24, 2.45) is 11.8 Å². The maximum atomic E-state index is 12.5. The first-order valence-electron chi connectivity index (χ1n) is 11.5. The van der Waals surface area contributed by atoms with Crippen LogP contribution in [0.2, 0.25) is 0 Å². The molecule has 2 nitrogen and oxygen atoms in total. The third-order valence-electron chi connectivity index (χ3n) is 5.56. The summed E-state index contributed by atoms with van der Waals surface area (Å²) in [5.41, 5.74) is 0. The zero-order chi connectivity index (χ0) is 18.8. The maximum absolute atomic E-state index is 12.5. The molecule has 1 N–H and O–H groups in total. The van der Waals surface area contributed by atoms with Crippen LogP contribution >= 0.6 is 0 Å². The predicted octanol–water partition coefficient (Wildman–Crippen LogP) is 7.27. The minimum absolute atomic E-state index is 0.254. The summed E-state index contributed by atoms with van der Waals surface area (Å²) in [6.45, 7) is 9.93. The second kappa shape index (κ2) is 18.3. The lowest BCUT2D eigenvalue weighted by molar-refractivity contribution is -0.125. The van der Waals surface area contributed by atoms with E-state index in [9.17, 15) is 4.79 Å². The molecule has 0 fully saturated rings. The molecule has 0 saturated carbocycles. The van der Waals surface area contributed by atoms with Crippen molar-refractivity contribution in [3.8, 4) is 0 Å². The monoisotopic (exact) mass is 353 g/mol. The molecule has 0 spiro atoms. The van der Waals surface area contributed by atoms with E-state index in [0.717, 1.165) is 31.7 Å². The van der Waals surface area contributed by atoms with Gasteiger partial charge in [-0.1, -0.05) is 105 Å².